The van der Waals surface area contributed by atoms with Crippen LogP contribution in [0, 0.1) is 18.7 Å². The van der Waals surface area contributed by atoms with Crippen molar-refractivity contribution >= 4 is 23.2 Å². The summed E-state index contributed by atoms with van der Waals surface area (Å²) in [6, 6.07) is 15.7. The van der Waals surface area contributed by atoms with Crippen LogP contribution in [0.4, 0.5) is 4.39 Å². The molecule has 3 aromatic rings. The number of hydrogen-bond acceptors (Lipinski definition) is 5. The van der Waals surface area contributed by atoms with Crippen LogP contribution < -0.4 is 4.74 Å². The van der Waals surface area contributed by atoms with Gasteiger partial charge in [0.05, 0.1) is 11.2 Å². The number of thiazole rings is 1. The first-order valence-electron chi connectivity index (χ1n) is 11.3. The second-order valence-electron chi connectivity index (χ2n) is 8.62. The lowest BCUT2D eigenvalue weighted by atomic mass is 9.90. The number of carbonyl (C=O) groups excluding carboxylic acids is 2. The summed E-state index contributed by atoms with van der Waals surface area (Å²) in [6.45, 7) is 3.27. The Morgan fingerprint density at radius 3 is 2.59 bits per heavy atom. The Hall–Kier alpha value is -3.26. The molecule has 0 spiro atoms. The summed E-state index contributed by atoms with van der Waals surface area (Å²) in [7, 11) is 1.79. The average Bonchev–Trinajstić information content (AvgIpc) is 3.27. The van der Waals surface area contributed by atoms with Gasteiger partial charge in [-0.1, -0.05) is 30.3 Å². The lowest BCUT2D eigenvalue weighted by Crippen LogP contribution is -2.49. The second kappa shape index (κ2) is 10.8. The van der Waals surface area contributed by atoms with E-state index in [1.165, 1.54) is 23.5 Å². The van der Waals surface area contributed by atoms with Crippen molar-refractivity contribution in [2.45, 2.75) is 32.4 Å². The number of ether oxygens (including phenoxy) is 1. The highest BCUT2D eigenvalue weighted by molar-refractivity contribution is 7.11. The van der Waals surface area contributed by atoms with E-state index < -0.39 is 0 Å². The number of amides is 2. The Morgan fingerprint density at radius 1 is 1.18 bits per heavy atom. The number of hydrogen-bond donors (Lipinski definition) is 0. The molecule has 2 atom stereocenters. The molecule has 8 heteroatoms. The van der Waals surface area contributed by atoms with Gasteiger partial charge in [-0.3, -0.25) is 9.59 Å². The third kappa shape index (κ3) is 5.80. The van der Waals surface area contributed by atoms with E-state index >= 15 is 0 Å². The molecular formula is C26H28FN3O3S. The maximum absolute atomic E-state index is 13.3. The Morgan fingerprint density at radius 2 is 1.91 bits per heavy atom. The quantitative estimate of drug-likeness (QED) is 0.497. The van der Waals surface area contributed by atoms with Gasteiger partial charge in [-0.25, -0.2) is 9.37 Å². The van der Waals surface area contributed by atoms with Gasteiger partial charge < -0.3 is 14.5 Å². The third-order valence-electron chi connectivity index (χ3n) is 6.12. The van der Waals surface area contributed by atoms with Crippen molar-refractivity contribution in [3.63, 3.8) is 0 Å². The number of halogens is 1. The molecule has 1 fully saturated rings. The molecule has 0 bridgehead atoms. The van der Waals surface area contributed by atoms with Crippen LogP contribution in [0.15, 0.2) is 60.1 Å². The van der Waals surface area contributed by atoms with Gasteiger partial charge >= 0.3 is 0 Å². The van der Waals surface area contributed by atoms with Crippen LogP contribution >= 0.6 is 11.3 Å². The lowest BCUT2D eigenvalue weighted by Gasteiger charge is -2.38. The van der Waals surface area contributed by atoms with Gasteiger partial charge in [0.15, 0.2) is 0 Å². The summed E-state index contributed by atoms with van der Waals surface area (Å²) in [5.74, 6) is -0.0385. The van der Waals surface area contributed by atoms with Crippen LogP contribution in [-0.2, 0) is 11.3 Å². The minimum Gasteiger partial charge on any atom is -0.490 e. The molecule has 6 nitrogen and oxygen atoms in total. The zero-order chi connectivity index (χ0) is 24.1. The first-order valence-corrected chi connectivity index (χ1v) is 12.2. The van der Waals surface area contributed by atoms with Crippen molar-refractivity contribution in [2.24, 2.45) is 5.92 Å². The summed E-state index contributed by atoms with van der Waals surface area (Å²) in [5.41, 5.74) is 3.44. The maximum atomic E-state index is 13.3. The van der Waals surface area contributed by atoms with Crippen molar-refractivity contribution in [3.05, 3.63) is 82.1 Å². The number of aryl methyl sites for hydroxylation is 1. The highest BCUT2D eigenvalue weighted by atomic mass is 32.1. The van der Waals surface area contributed by atoms with E-state index in [9.17, 15) is 14.0 Å². The van der Waals surface area contributed by atoms with Crippen LogP contribution in [0.2, 0.25) is 0 Å². The monoisotopic (exact) mass is 481 g/mol. The van der Waals surface area contributed by atoms with Crippen LogP contribution in [0.25, 0.3) is 0 Å². The maximum Gasteiger partial charge on any atom is 0.265 e. The lowest BCUT2D eigenvalue weighted by molar-refractivity contribution is -0.132. The van der Waals surface area contributed by atoms with Crippen LogP contribution in [-0.4, -0.2) is 52.8 Å². The number of rotatable bonds is 7. The molecule has 1 aliphatic heterocycles. The van der Waals surface area contributed by atoms with Crippen LogP contribution in [0.1, 0.15) is 33.8 Å². The van der Waals surface area contributed by atoms with Crippen molar-refractivity contribution in [2.75, 3.05) is 20.1 Å². The van der Waals surface area contributed by atoms with Crippen LogP contribution in [0.5, 0.6) is 5.75 Å². The fraction of sp³-hybridized carbons (Fsp3) is 0.346. The molecule has 1 aliphatic rings. The van der Waals surface area contributed by atoms with Gasteiger partial charge in [-0.2, -0.15) is 0 Å². The predicted molar refractivity (Wildman–Crippen MR) is 129 cm³/mol. The summed E-state index contributed by atoms with van der Waals surface area (Å²) in [4.78, 5) is 34.6. The average molecular weight is 482 g/mol. The molecule has 0 aliphatic carbocycles. The van der Waals surface area contributed by atoms with Gasteiger partial charge in [0.25, 0.3) is 5.91 Å². The highest BCUT2D eigenvalue weighted by Gasteiger charge is 2.36. The summed E-state index contributed by atoms with van der Waals surface area (Å²) in [6.07, 6.45) is 0.577. The SMILES string of the molecule is Cc1ncsc1C(=O)N1CC[C@H](Oc2ccc(F)cc2)[C@@H](CC(=O)N(C)Cc2ccccc2)C1. The normalized spacial score (nSPS) is 17.9. The third-order valence-corrected chi connectivity index (χ3v) is 7.03. The topological polar surface area (TPSA) is 62.7 Å². The first-order chi connectivity index (χ1) is 16.4. The first kappa shape index (κ1) is 23.9. The molecule has 2 amide bonds. The van der Waals surface area contributed by atoms with E-state index in [2.05, 4.69) is 4.98 Å². The van der Waals surface area contributed by atoms with Gasteiger partial charge in [-0.15, -0.1) is 11.3 Å². The molecule has 178 valence electrons. The number of benzene rings is 2. The van der Waals surface area contributed by atoms with Crippen LogP contribution in [0.3, 0.4) is 0 Å². The zero-order valence-corrected chi connectivity index (χ0v) is 20.1. The number of nitrogens with zero attached hydrogens (tertiary/aromatic N) is 3. The minimum absolute atomic E-state index is 0.00942. The molecule has 0 saturated carbocycles. The van der Waals surface area contributed by atoms with Gasteiger partial charge in [0.2, 0.25) is 5.91 Å². The number of likely N-dealkylation sites (tertiary alicyclic amines) is 1. The predicted octanol–water partition coefficient (Wildman–Crippen LogP) is 4.55. The Labute approximate surface area is 203 Å². The fourth-order valence-electron chi connectivity index (χ4n) is 4.21. The number of piperidine rings is 1. The van der Waals surface area contributed by atoms with Gasteiger partial charge in [0.1, 0.15) is 22.5 Å². The molecular weight excluding hydrogens is 453 g/mol. The smallest absolute Gasteiger partial charge is 0.265 e. The summed E-state index contributed by atoms with van der Waals surface area (Å²) >= 11 is 1.33. The summed E-state index contributed by atoms with van der Waals surface area (Å²) < 4.78 is 19.5. The number of aromatic nitrogens is 1. The molecule has 2 aromatic carbocycles. The molecule has 4 rings (SSSR count). The van der Waals surface area contributed by atoms with Gasteiger partial charge in [-0.05, 0) is 36.8 Å². The number of carbonyl (C=O) groups is 2. The second-order valence-corrected chi connectivity index (χ2v) is 9.47. The van der Waals surface area contributed by atoms with E-state index in [0.29, 0.717) is 36.7 Å². The van der Waals surface area contributed by atoms with Crippen molar-refractivity contribution in [1.82, 2.24) is 14.8 Å². The van der Waals surface area contributed by atoms with E-state index in [1.807, 2.05) is 37.3 Å². The van der Waals surface area contributed by atoms with E-state index in [0.717, 1.165) is 11.3 Å². The van der Waals surface area contributed by atoms with Crippen molar-refractivity contribution < 1.29 is 18.7 Å². The standard InChI is InChI=1S/C26H28FN3O3S/c1-18-25(34-17-28-18)26(32)30-13-12-23(33-22-10-8-21(27)9-11-22)20(16-30)14-24(31)29(2)15-19-6-4-3-5-7-19/h3-11,17,20,23H,12-16H2,1-2H3/t20-,23-/m0/s1. The summed E-state index contributed by atoms with van der Waals surface area (Å²) in [5, 5.41) is 0. The Bertz CT molecular complexity index is 1120. The molecule has 1 saturated heterocycles. The Kier molecular flexibility index (Phi) is 7.57. The van der Waals surface area contributed by atoms with Gasteiger partial charge in [0, 0.05) is 45.4 Å². The van der Waals surface area contributed by atoms with Crippen molar-refractivity contribution in [1.29, 1.82) is 0 Å². The van der Waals surface area contributed by atoms with Crippen molar-refractivity contribution in [3.8, 4) is 5.75 Å². The highest BCUT2D eigenvalue weighted by Crippen LogP contribution is 2.28. The van der Waals surface area contributed by atoms with E-state index in [-0.39, 0.29) is 36.1 Å². The van der Waals surface area contributed by atoms with E-state index in [1.54, 1.807) is 34.5 Å². The minimum atomic E-state index is -0.332. The molecule has 0 radical (unpaired) electrons. The molecule has 0 N–H and O–H groups in total. The molecule has 2 heterocycles. The molecule has 34 heavy (non-hydrogen) atoms. The largest absolute Gasteiger partial charge is 0.490 e. The zero-order valence-electron chi connectivity index (χ0n) is 19.3. The van der Waals surface area contributed by atoms with E-state index in [4.69, 9.17) is 4.74 Å². The molecule has 1 aromatic heterocycles. The fourth-order valence-corrected chi connectivity index (χ4v) is 4.98. The molecule has 0 unspecified atom stereocenters. The Balaban J connectivity index is 1.48.